The second-order valence-corrected chi connectivity index (χ2v) is 6.91. The predicted molar refractivity (Wildman–Crippen MR) is 105 cm³/mol. The Morgan fingerprint density at radius 1 is 1.04 bits per heavy atom. The van der Waals surface area contributed by atoms with Crippen LogP contribution in [-0.2, 0) is 0 Å². The maximum atomic E-state index is 12.7. The number of anilines is 2. The summed E-state index contributed by atoms with van der Waals surface area (Å²) >= 11 is 0. The second kappa shape index (κ2) is 7.83. The average Bonchev–Trinajstić information content (AvgIpc) is 2.64. The minimum Gasteiger partial charge on any atom is -0.354 e. The van der Waals surface area contributed by atoms with Crippen molar-refractivity contribution in [2.24, 2.45) is 0 Å². The molecule has 0 saturated carbocycles. The van der Waals surface area contributed by atoms with E-state index in [1.165, 1.54) is 11.9 Å². The lowest BCUT2D eigenvalue weighted by molar-refractivity contribution is 0.102. The summed E-state index contributed by atoms with van der Waals surface area (Å²) in [5, 5.41) is 3.01. The second-order valence-electron chi connectivity index (χ2n) is 6.91. The Labute approximate surface area is 155 Å². The van der Waals surface area contributed by atoms with Gasteiger partial charge in [0.05, 0.1) is 0 Å². The zero-order chi connectivity index (χ0) is 18.7. The fraction of sp³-hybridized carbons (Fsp3) is 0.450. The molecule has 2 heterocycles. The van der Waals surface area contributed by atoms with E-state index in [0.29, 0.717) is 5.69 Å². The Morgan fingerprint density at radius 2 is 1.69 bits per heavy atom. The third kappa shape index (κ3) is 4.02. The van der Waals surface area contributed by atoms with Crippen LogP contribution in [0.5, 0.6) is 0 Å². The quantitative estimate of drug-likeness (QED) is 0.916. The summed E-state index contributed by atoms with van der Waals surface area (Å²) in [6.45, 7) is 13.2. The van der Waals surface area contributed by atoms with Crippen LogP contribution >= 0.6 is 0 Å². The molecule has 1 aromatic carbocycles. The van der Waals surface area contributed by atoms with Crippen molar-refractivity contribution in [3.8, 4) is 0 Å². The number of nitrogens with zero attached hydrogens (tertiary/aromatic N) is 4. The Kier molecular flexibility index (Phi) is 5.52. The number of amides is 1. The number of likely N-dealkylation sites (N-methyl/N-ethyl adjacent to an activating group) is 1. The number of benzene rings is 1. The Morgan fingerprint density at radius 3 is 2.31 bits per heavy atom. The summed E-state index contributed by atoms with van der Waals surface area (Å²) in [7, 11) is 0. The van der Waals surface area contributed by atoms with Gasteiger partial charge in [0.1, 0.15) is 17.8 Å². The Balaban J connectivity index is 1.75. The molecule has 2 aromatic rings. The van der Waals surface area contributed by atoms with Crippen LogP contribution < -0.4 is 10.2 Å². The highest BCUT2D eigenvalue weighted by molar-refractivity contribution is 6.04. The molecule has 0 spiro atoms. The first-order chi connectivity index (χ1) is 12.5. The van der Waals surface area contributed by atoms with E-state index in [4.69, 9.17) is 0 Å². The largest absolute Gasteiger partial charge is 0.354 e. The molecule has 1 N–H and O–H groups in total. The van der Waals surface area contributed by atoms with Gasteiger partial charge in [0.15, 0.2) is 0 Å². The molecule has 0 atom stereocenters. The molecular formula is C20H27N5O. The van der Waals surface area contributed by atoms with E-state index >= 15 is 0 Å². The van der Waals surface area contributed by atoms with E-state index in [9.17, 15) is 4.79 Å². The van der Waals surface area contributed by atoms with Crippen LogP contribution in [0.1, 0.15) is 34.1 Å². The molecule has 1 fully saturated rings. The molecule has 6 heteroatoms. The van der Waals surface area contributed by atoms with Crippen LogP contribution in [0.3, 0.4) is 0 Å². The van der Waals surface area contributed by atoms with Gasteiger partial charge < -0.3 is 15.1 Å². The zero-order valence-corrected chi connectivity index (χ0v) is 16.0. The van der Waals surface area contributed by atoms with Crippen LogP contribution in [0.25, 0.3) is 0 Å². The Bertz CT molecular complexity index is 774. The van der Waals surface area contributed by atoms with E-state index in [0.717, 1.165) is 55.4 Å². The van der Waals surface area contributed by atoms with Crippen molar-refractivity contribution in [2.75, 3.05) is 42.9 Å². The van der Waals surface area contributed by atoms with Gasteiger partial charge in [0.2, 0.25) is 0 Å². The summed E-state index contributed by atoms with van der Waals surface area (Å²) in [6, 6.07) is 5.93. The van der Waals surface area contributed by atoms with Crippen LogP contribution in [0.15, 0.2) is 24.5 Å². The van der Waals surface area contributed by atoms with Gasteiger partial charge in [-0.25, -0.2) is 9.97 Å². The monoisotopic (exact) mass is 353 g/mol. The van der Waals surface area contributed by atoms with Crippen LogP contribution in [0.2, 0.25) is 0 Å². The molecule has 0 radical (unpaired) electrons. The highest BCUT2D eigenvalue weighted by atomic mass is 16.1. The number of carbonyl (C=O) groups is 1. The molecule has 0 bridgehead atoms. The number of carbonyl (C=O) groups excluding carboxylic acids is 1. The number of aromatic nitrogens is 2. The molecule has 1 aliphatic rings. The van der Waals surface area contributed by atoms with E-state index in [-0.39, 0.29) is 5.91 Å². The third-order valence-corrected chi connectivity index (χ3v) is 4.94. The fourth-order valence-electron chi connectivity index (χ4n) is 3.49. The van der Waals surface area contributed by atoms with Gasteiger partial charge >= 0.3 is 0 Å². The summed E-state index contributed by atoms with van der Waals surface area (Å²) < 4.78 is 0. The first kappa shape index (κ1) is 18.3. The highest BCUT2D eigenvalue weighted by Crippen LogP contribution is 2.23. The van der Waals surface area contributed by atoms with Gasteiger partial charge in [-0.3, -0.25) is 4.79 Å². The summed E-state index contributed by atoms with van der Waals surface area (Å²) in [6.07, 6.45) is 1.48. The lowest BCUT2D eigenvalue weighted by Crippen LogP contribution is -2.46. The maximum Gasteiger partial charge on any atom is 0.274 e. The van der Waals surface area contributed by atoms with Crippen LogP contribution in [0, 0.1) is 20.8 Å². The van der Waals surface area contributed by atoms with Crippen molar-refractivity contribution in [3.05, 3.63) is 46.9 Å². The van der Waals surface area contributed by atoms with E-state index in [1.54, 1.807) is 6.07 Å². The average molecular weight is 353 g/mol. The number of aryl methyl sites for hydroxylation is 3. The van der Waals surface area contributed by atoms with E-state index in [2.05, 4.69) is 51.1 Å². The van der Waals surface area contributed by atoms with Gasteiger partial charge in [-0.15, -0.1) is 0 Å². The lowest BCUT2D eigenvalue weighted by Gasteiger charge is -2.34. The van der Waals surface area contributed by atoms with Gasteiger partial charge in [0.25, 0.3) is 5.91 Å². The molecule has 26 heavy (non-hydrogen) atoms. The molecule has 0 unspecified atom stereocenters. The van der Waals surface area contributed by atoms with Crippen LogP contribution in [0.4, 0.5) is 11.5 Å². The number of rotatable bonds is 4. The summed E-state index contributed by atoms with van der Waals surface area (Å²) in [5.41, 5.74) is 4.56. The standard InChI is InChI=1S/C20H27N5O/c1-5-24-6-8-25(9-7-24)18-12-17(21-13-22-18)20(26)23-19-15(3)10-14(2)11-16(19)4/h10-13H,5-9H2,1-4H3,(H,23,26). The van der Waals surface area contributed by atoms with Gasteiger partial charge in [-0.2, -0.15) is 0 Å². The normalized spacial score (nSPS) is 15.2. The SMILES string of the molecule is CCN1CCN(c2cc(C(=O)Nc3c(C)cc(C)cc3C)ncn2)CC1. The Hall–Kier alpha value is -2.47. The first-order valence-corrected chi connectivity index (χ1v) is 9.16. The molecule has 1 saturated heterocycles. The fourth-order valence-corrected chi connectivity index (χ4v) is 3.49. The summed E-state index contributed by atoms with van der Waals surface area (Å²) in [4.78, 5) is 25.9. The molecular weight excluding hydrogens is 326 g/mol. The predicted octanol–water partition coefficient (Wildman–Crippen LogP) is 2.80. The minimum absolute atomic E-state index is 0.198. The summed E-state index contributed by atoms with van der Waals surface area (Å²) in [5.74, 6) is 0.620. The van der Waals surface area contributed by atoms with Crippen molar-refractivity contribution >= 4 is 17.4 Å². The van der Waals surface area contributed by atoms with E-state index < -0.39 is 0 Å². The van der Waals surface area contributed by atoms with Crippen LogP contribution in [-0.4, -0.2) is 53.5 Å². The first-order valence-electron chi connectivity index (χ1n) is 9.16. The molecule has 1 aromatic heterocycles. The van der Waals surface area contributed by atoms with Crippen molar-refractivity contribution < 1.29 is 4.79 Å². The molecule has 6 nitrogen and oxygen atoms in total. The highest BCUT2D eigenvalue weighted by Gasteiger charge is 2.19. The maximum absolute atomic E-state index is 12.7. The van der Waals surface area contributed by atoms with Gasteiger partial charge in [0, 0.05) is 37.9 Å². The van der Waals surface area contributed by atoms with Crippen molar-refractivity contribution in [1.82, 2.24) is 14.9 Å². The lowest BCUT2D eigenvalue weighted by atomic mass is 10.0. The number of nitrogens with one attached hydrogen (secondary N) is 1. The number of hydrogen-bond acceptors (Lipinski definition) is 5. The third-order valence-electron chi connectivity index (χ3n) is 4.94. The van der Waals surface area contributed by atoms with Gasteiger partial charge in [-0.05, 0) is 38.4 Å². The van der Waals surface area contributed by atoms with Gasteiger partial charge in [-0.1, -0.05) is 24.6 Å². The molecule has 1 aliphatic heterocycles. The van der Waals surface area contributed by atoms with E-state index in [1.807, 2.05) is 13.8 Å². The number of hydrogen-bond donors (Lipinski definition) is 1. The van der Waals surface area contributed by atoms with Crippen molar-refractivity contribution in [2.45, 2.75) is 27.7 Å². The molecule has 138 valence electrons. The van der Waals surface area contributed by atoms with Crippen molar-refractivity contribution in [3.63, 3.8) is 0 Å². The number of piperazine rings is 1. The molecule has 1 amide bonds. The zero-order valence-electron chi connectivity index (χ0n) is 16.0. The minimum atomic E-state index is -0.198. The smallest absolute Gasteiger partial charge is 0.274 e. The molecule has 0 aliphatic carbocycles. The molecule has 3 rings (SSSR count). The topological polar surface area (TPSA) is 61.4 Å². The van der Waals surface area contributed by atoms with Crippen molar-refractivity contribution in [1.29, 1.82) is 0 Å².